The fraction of sp³-hybridized carbons (Fsp3) is 0.600. The van der Waals surface area contributed by atoms with Crippen LogP contribution in [0.5, 0.6) is 5.75 Å². The molecule has 1 aromatic rings. The van der Waals surface area contributed by atoms with Crippen LogP contribution in [0.2, 0.25) is 0 Å². The minimum Gasteiger partial charge on any atom is -0.508 e. The maximum Gasteiger partial charge on any atom is 0.123 e. The third kappa shape index (κ3) is 2.51. The number of halogens is 1. The summed E-state index contributed by atoms with van der Waals surface area (Å²) in [5.74, 6) is -0.0964. The van der Waals surface area contributed by atoms with Crippen molar-refractivity contribution in [3.05, 3.63) is 29.6 Å². The van der Waals surface area contributed by atoms with Crippen molar-refractivity contribution in [1.82, 2.24) is 4.90 Å². The van der Waals surface area contributed by atoms with Gasteiger partial charge in [0.25, 0.3) is 0 Å². The zero-order valence-corrected chi connectivity index (χ0v) is 11.4. The molecule has 0 bridgehead atoms. The first-order chi connectivity index (χ1) is 8.50. The number of hydrogen-bond acceptors (Lipinski definition) is 2. The van der Waals surface area contributed by atoms with Gasteiger partial charge in [-0.15, -0.1) is 0 Å². The van der Waals surface area contributed by atoms with Crippen LogP contribution in [0.4, 0.5) is 4.39 Å². The van der Waals surface area contributed by atoms with Gasteiger partial charge in [0, 0.05) is 23.7 Å². The van der Waals surface area contributed by atoms with Gasteiger partial charge in [0.2, 0.25) is 0 Å². The summed E-state index contributed by atoms with van der Waals surface area (Å²) in [6.07, 6.45) is 3.59. The fourth-order valence-electron chi connectivity index (χ4n) is 3.23. The lowest BCUT2D eigenvalue weighted by molar-refractivity contribution is 0.0611. The average Bonchev–Trinajstić information content (AvgIpc) is 2.32. The third-order valence-corrected chi connectivity index (χ3v) is 4.15. The summed E-state index contributed by atoms with van der Waals surface area (Å²) in [5.41, 5.74) is 0.690. The van der Waals surface area contributed by atoms with Crippen LogP contribution >= 0.6 is 0 Å². The topological polar surface area (TPSA) is 23.5 Å². The lowest BCUT2D eigenvalue weighted by Crippen LogP contribution is -2.45. The maximum absolute atomic E-state index is 13.3. The molecule has 1 saturated heterocycles. The molecule has 1 aliphatic rings. The Morgan fingerprint density at radius 1 is 1.28 bits per heavy atom. The van der Waals surface area contributed by atoms with E-state index in [0.717, 1.165) is 0 Å². The summed E-state index contributed by atoms with van der Waals surface area (Å²) in [6.45, 7) is 6.47. The smallest absolute Gasteiger partial charge is 0.123 e. The zero-order valence-electron chi connectivity index (χ0n) is 11.4. The molecule has 100 valence electrons. The van der Waals surface area contributed by atoms with Crippen molar-refractivity contribution in [2.45, 2.75) is 58.2 Å². The van der Waals surface area contributed by atoms with Crippen LogP contribution in [0.3, 0.4) is 0 Å². The minimum absolute atomic E-state index is 0.0472. The molecule has 0 aliphatic carbocycles. The van der Waals surface area contributed by atoms with Crippen LogP contribution in [0, 0.1) is 5.82 Å². The van der Waals surface area contributed by atoms with Crippen molar-refractivity contribution in [3.63, 3.8) is 0 Å². The monoisotopic (exact) mass is 251 g/mol. The lowest BCUT2D eigenvalue weighted by atomic mass is 9.93. The molecule has 2 nitrogen and oxygen atoms in total. The summed E-state index contributed by atoms with van der Waals surface area (Å²) in [4.78, 5) is 2.39. The van der Waals surface area contributed by atoms with Gasteiger partial charge < -0.3 is 5.11 Å². The number of nitrogens with zero attached hydrogens (tertiary/aromatic N) is 1. The van der Waals surface area contributed by atoms with Gasteiger partial charge in [-0.3, -0.25) is 4.90 Å². The summed E-state index contributed by atoms with van der Waals surface area (Å²) in [5, 5.41) is 9.92. The molecule has 0 spiro atoms. The highest BCUT2D eigenvalue weighted by atomic mass is 19.1. The van der Waals surface area contributed by atoms with Crippen LogP contribution in [-0.2, 0) is 0 Å². The molecule has 3 heteroatoms. The highest BCUT2D eigenvalue weighted by Crippen LogP contribution is 2.35. The standard InChI is InChI=1S/C15H22FNO/c1-10-5-4-6-11(2)17(10)12(3)14-9-13(16)7-8-15(14)18/h7-12,18H,4-6H2,1-3H3. The van der Waals surface area contributed by atoms with E-state index in [0.29, 0.717) is 17.6 Å². The largest absolute Gasteiger partial charge is 0.508 e. The first-order valence-corrected chi connectivity index (χ1v) is 6.76. The molecular weight excluding hydrogens is 229 g/mol. The second-order valence-corrected chi connectivity index (χ2v) is 5.46. The van der Waals surface area contributed by atoms with Gasteiger partial charge in [0.05, 0.1) is 0 Å². The number of phenols is 1. The molecule has 1 aliphatic heterocycles. The van der Waals surface area contributed by atoms with Gasteiger partial charge >= 0.3 is 0 Å². The van der Waals surface area contributed by atoms with E-state index in [9.17, 15) is 9.50 Å². The molecule has 0 amide bonds. The number of aromatic hydroxyl groups is 1. The molecule has 18 heavy (non-hydrogen) atoms. The normalized spacial score (nSPS) is 27.1. The number of rotatable bonds is 2. The van der Waals surface area contributed by atoms with Crippen LogP contribution in [0.15, 0.2) is 18.2 Å². The van der Waals surface area contributed by atoms with E-state index < -0.39 is 0 Å². The van der Waals surface area contributed by atoms with Gasteiger partial charge in [-0.1, -0.05) is 6.42 Å². The van der Waals surface area contributed by atoms with Crippen molar-refractivity contribution >= 4 is 0 Å². The number of likely N-dealkylation sites (tertiary alicyclic amines) is 1. The molecule has 1 aromatic carbocycles. The van der Waals surface area contributed by atoms with E-state index in [1.54, 1.807) is 0 Å². The van der Waals surface area contributed by atoms with Crippen molar-refractivity contribution in [2.75, 3.05) is 0 Å². The predicted molar refractivity (Wildman–Crippen MR) is 71.1 cm³/mol. The molecular formula is C15H22FNO. The van der Waals surface area contributed by atoms with Crippen LogP contribution in [0.25, 0.3) is 0 Å². The quantitative estimate of drug-likeness (QED) is 0.863. The Morgan fingerprint density at radius 2 is 1.89 bits per heavy atom. The minimum atomic E-state index is -0.285. The van der Waals surface area contributed by atoms with Gasteiger partial charge in [-0.05, 0) is 51.8 Å². The Hall–Kier alpha value is -1.09. The Balaban J connectivity index is 2.28. The van der Waals surface area contributed by atoms with Crippen LogP contribution in [-0.4, -0.2) is 22.1 Å². The molecule has 2 rings (SSSR count). The van der Waals surface area contributed by atoms with E-state index in [2.05, 4.69) is 18.7 Å². The third-order valence-electron chi connectivity index (χ3n) is 4.15. The van der Waals surface area contributed by atoms with Crippen LogP contribution in [0.1, 0.15) is 51.6 Å². The van der Waals surface area contributed by atoms with Crippen molar-refractivity contribution in [3.8, 4) is 5.75 Å². The average molecular weight is 251 g/mol. The van der Waals surface area contributed by atoms with Gasteiger partial charge in [0.15, 0.2) is 0 Å². The SMILES string of the molecule is CC1CCCC(C)N1C(C)c1cc(F)ccc1O. The molecule has 3 unspecified atom stereocenters. The summed E-state index contributed by atoms with van der Waals surface area (Å²) >= 11 is 0. The van der Waals surface area contributed by atoms with E-state index in [1.165, 1.54) is 37.5 Å². The molecule has 3 atom stereocenters. The predicted octanol–water partition coefficient (Wildman–Crippen LogP) is 3.86. The van der Waals surface area contributed by atoms with Crippen molar-refractivity contribution < 1.29 is 9.50 Å². The van der Waals surface area contributed by atoms with E-state index in [1.807, 2.05) is 6.92 Å². The van der Waals surface area contributed by atoms with Gasteiger partial charge in [-0.25, -0.2) is 4.39 Å². The number of benzene rings is 1. The van der Waals surface area contributed by atoms with Crippen molar-refractivity contribution in [1.29, 1.82) is 0 Å². The first-order valence-electron chi connectivity index (χ1n) is 6.76. The van der Waals surface area contributed by atoms with Gasteiger partial charge in [0.1, 0.15) is 11.6 Å². The van der Waals surface area contributed by atoms with Crippen LogP contribution < -0.4 is 0 Å². The second kappa shape index (κ2) is 5.27. The number of hydrogen-bond donors (Lipinski definition) is 1. The Labute approximate surface area is 108 Å². The molecule has 0 saturated carbocycles. The Bertz CT molecular complexity index is 411. The molecule has 1 N–H and O–H groups in total. The highest BCUT2D eigenvalue weighted by molar-refractivity contribution is 5.35. The van der Waals surface area contributed by atoms with Crippen molar-refractivity contribution in [2.24, 2.45) is 0 Å². The highest BCUT2D eigenvalue weighted by Gasteiger charge is 2.30. The summed E-state index contributed by atoms with van der Waals surface area (Å²) in [7, 11) is 0. The zero-order chi connectivity index (χ0) is 13.3. The van der Waals surface area contributed by atoms with E-state index in [-0.39, 0.29) is 17.6 Å². The van der Waals surface area contributed by atoms with E-state index >= 15 is 0 Å². The Morgan fingerprint density at radius 3 is 2.50 bits per heavy atom. The Kier molecular flexibility index (Phi) is 3.91. The molecule has 0 radical (unpaired) electrons. The fourth-order valence-corrected chi connectivity index (χ4v) is 3.23. The number of phenolic OH excluding ortho intramolecular Hbond substituents is 1. The maximum atomic E-state index is 13.3. The molecule has 0 aromatic heterocycles. The number of piperidine rings is 1. The molecule has 1 heterocycles. The van der Waals surface area contributed by atoms with Gasteiger partial charge in [-0.2, -0.15) is 0 Å². The summed E-state index contributed by atoms with van der Waals surface area (Å²) in [6, 6.07) is 5.20. The van der Waals surface area contributed by atoms with E-state index in [4.69, 9.17) is 0 Å². The molecule has 1 fully saturated rings. The summed E-state index contributed by atoms with van der Waals surface area (Å²) < 4.78 is 13.3. The second-order valence-electron chi connectivity index (χ2n) is 5.46. The first kappa shape index (κ1) is 13.3. The lowest BCUT2D eigenvalue weighted by Gasteiger charge is -2.43.